The van der Waals surface area contributed by atoms with Crippen molar-refractivity contribution >= 4 is 17.9 Å². The Morgan fingerprint density at radius 2 is 0.607 bits per heavy atom. The molecule has 0 saturated heterocycles. The Morgan fingerprint density at radius 1 is 0.339 bits per heavy atom. The highest BCUT2D eigenvalue weighted by Crippen LogP contribution is 2.16. The molecule has 6 nitrogen and oxygen atoms in total. The maximum absolute atomic E-state index is 12.6. The fraction of sp³-hybridized carbons (Fsp3) is 0.900. The number of carbonyl (C=O) groups excluding carboxylic acids is 3. The van der Waals surface area contributed by atoms with Gasteiger partial charge < -0.3 is 14.2 Å². The van der Waals surface area contributed by atoms with Crippen LogP contribution >= 0.6 is 0 Å². The normalized spacial score (nSPS) is 12.0. The number of hydrogen-bond donors (Lipinski definition) is 0. The van der Waals surface area contributed by atoms with Crippen LogP contribution in [0.1, 0.15) is 271 Å². The highest BCUT2D eigenvalue weighted by atomic mass is 16.6. The standard InChI is InChI=1S/C50H94O6/c1-4-7-10-13-15-17-19-20-21-22-23-24-25-26-27-28-29-31-32-34-37-40-43-49(52)55-46-47(45-54-48(51)42-39-36-12-9-6-3)56-50(53)44-41-38-35-33-30-18-16-14-11-8-5-2/h14,16,47H,4-13,15,17-46H2,1-3H3/b16-14-. The summed E-state index contributed by atoms with van der Waals surface area (Å²) in [5.41, 5.74) is 0. The first kappa shape index (κ1) is 54.2. The zero-order valence-corrected chi connectivity index (χ0v) is 37.7. The van der Waals surface area contributed by atoms with Crippen LogP contribution in [0.15, 0.2) is 12.2 Å². The molecule has 0 aliphatic heterocycles. The summed E-state index contributed by atoms with van der Waals surface area (Å²) in [5, 5.41) is 0. The van der Waals surface area contributed by atoms with E-state index in [4.69, 9.17) is 14.2 Å². The van der Waals surface area contributed by atoms with Crippen molar-refractivity contribution in [1.82, 2.24) is 0 Å². The minimum Gasteiger partial charge on any atom is -0.462 e. The summed E-state index contributed by atoms with van der Waals surface area (Å²) >= 11 is 0. The molecule has 0 aromatic rings. The van der Waals surface area contributed by atoms with E-state index in [9.17, 15) is 14.4 Å². The SMILES string of the molecule is CCCC/C=C\CCCCCCCC(=O)OC(COC(=O)CCCCCCC)COC(=O)CCCCCCCCCCCCCCCCCCCCCCCC. The third kappa shape index (κ3) is 43.3. The van der Waals surface area contributed by atoms with Gasteiger partial charge in [-0.05, 0) is 38.5 Å². The molecule has 0 bridgehead atoms. The van der Waals surface area contributed by atoms with E-state index in [1.165, 1.54) is 161 Å². The Bertz CT molecular complexity index is 870. The molecule has 0 saturated carbocycles. The lowest BCUT2D eigenvalue weighted by molar-refractivity contribution is -0.167. The van der Waals surface area contributed by atoms with Gasteiger partial charge in [0.2, 0.25) is 0 Å². The van der Waals surface area contributed by atoms with E-state index in [0.717, 1.165) is 70.6 Å². The van der Waals surface area contributed by atoms with Gasteiger partial charge in [-0.1, -0.05) is 226 Å². The van der Waals surface area contributed by atoms with Crippen LogP contribution in [-0.4, -0.2) is 37.2 Å². The van der Waals surface area contributed by atoms with E-state index in [-0.39, 0.29) is 31.1 Å². The van der Waals surface area contributed by atoms with Gasteiger partial charge >= 0.3 is 17.9 Å². The molecule has 0 N–H and O–H groups in total. The fourth-order valence-electron chi connectivity index (χ4n) is 7.25. The second-order valence-electron chi connectivity index (χ2n) is 16.7. The van der Waals surface area contributed by atoms with Crippen LogP contribution in [0.4, 0.5) is 0 Å². The lowest BCUT2D eigenvalue weighted by Gasteiger charge is -2.18. The summed E-state index contributed by atoms with van der Waals surface area (Å²) in [6.45, 7) is 6.53. The van der Waals surface area contributed by atoms with E-state index >= 15 is 0 Å². The quantitative estimate of drug-likeness (QED) is 0.0264. The third-order valence-electron chi connectivity index (χ3n) is 11.0. The van der Waals surface area contributed by atoms with Gasteiger partial charge in [-0.15, -0.1) is 0 Å². The van der Waals surface area contributed by atoms with Crippen molar-refractivity contribution in [3.8, 4) is 0 Å². The topological polar surface area (TPSA) is 78.9 Å². The van der Waals surface area contributed by atoms with E-state index < -0.39 is 6.10 Å². The zero-order valence-electron chi connectivity index (χ0n) is 37.7. The van der Waals surface area contributed by atoms with Crippen molar-refractivity contribution in [2.24, 2.45) is 0 Å². The number of unbranched alkanes of at least 4 members (excludes halogenated alkanes) is 32. The Hall–Kier alpha value is -1.85. The molecule has 0 aliphatic rings. The predicted octanol–water partition coefficient (Wildman–Crippen LogP) is 15.8. The summed E-state index contributed by atoms with van der Waals surface area (Å²) in [6, 6.07) is 0. The summed E-state index contributed by atoms with van der Waals surface area (Å²) in [6.07, 6.45) is 49.6. The lowest BCUT2D eigenvalue weighted by Crippen LogP contribution is -2.30. The number of carbonyl (C=O) groups is 3. The molecule has 6 heteroatoms. The van der Waals surface area contributed by atoms with Gasteiger partial charge in [-0.3, -0.25) is 14.4 Å². The maximum Gasteiger partial charge on any atom is 0.306 e. The molecular weight excluding hydrogens is 697 g/mol. The maximum atomic E-state index is 12.6. The first-order chi connectivity index (χ1) is 27.5. The van der Waals surface area contributed by atoms with E-state index in [1.54, 1.807) is 0 Å². The van der Waals surface area contributed by atoms with Crippen LogP contribution in [-0.2, 0) is 28.6 Å². The molecule has 330 valence electrons. The van der Waals surface area contributed by atoms with Gasteiger partial charge in [0.1, 0.15) is 13.2 Å². The Morgan fingerprint density at radius 3 is 0.946 bits per heavy atom. The molecule has 0 radical (unpaired) electrons. The second kappa shape index (κ2) is 45.8. The van der Waals surface area contributed by atoms with Gasteiger partial charge in [0.25, 0.3) is 0 Å². The molecule has 1 unspecified atom stereocenters. The van der Waals surface area contributed by atoms with Crippen molar-refractivity contribution in [2.75, 3.05) is 13.2 Å². The summed E-state index contributed by atoms with van der Waals surface area (Å²) in [7, 11) is 0. The number of ether oxygens (including phenoxy) is 3. The Labute approximate surface area is 348 Å². The third-order valence-corrected chi connectivity index (χ3v) is 11.0. The van der Waals surface area contributed by atoms with E-state index in [1.807, 2.05) is 0 Å². The van der Waals surface area contributed by atoms with Crippen LogP contribution in [0.3, 0.4) is 0 Å². The molecule has 0 heterocycles. The van der Waals surface area contributed by atoms with Gasteiger partial charge in [0.15, 0.2) is 6.10 Å². The van der Waals surface area contributed by atoms with Gasteiger partial charge in [0.05, 0.1) is 0 Å². The van der Waals surface area contributed by atoms with Crippen molar-refractivity contribution in [3.63, 3.8) is 0 Å². The molecule has 1 atom stereocenters. The first-order valence-electron chi connectivity index (χ1n) is 24.7. The molecule has 56 heavy (non-hydrogen) atoms. The van der Waals surface area contributed by atoms with Gasteiger partial charge in [0, 0.05) is 19.3 Å². The molecule has 0 aromatic heterocycles. The van der Waals surface area contributed by atoms with Crippen LogP contribution in [0, 0.1) is 0 Å². The zero-order chi connectivity index (χ0) is 40.8. The van der Waals surface area contributed by atoms with Crippen molar-refractivity contribution in [2.45, 2.75) is 277 Å². The molecular formula is C50H94O6. The summed E-state index contributed by atoms with van der Waals surface area (Å²) in [4.78, 5) is 37.5. The van der Waals surface area contributed by atoms with Crippen molar-refractivity contribution in [1.29, 1.82) is 0 Å². The lowest BCUT2D eigenvalue weighted by atomic mass is 10.0. The monoisotopic (exact) mass is 791 g/mol. The molecule has 0 rings (SSSR count). The van der Waals surface area contributed by atoms with Crippen molar-refractivity contribution in [3.05, 3.63) is 12.2 Å². The predicted molar refractivity (Wildman–Crippen MR) is 238 cm³/mol. The van der Waals surface area contributed by atoms with E-state index in [2.05, 4.69) is 32.9 Å². The molecule has 0 fully saturated rings. The van der Waals surface area contributed by atoms with Crippen molar-refractivity contribution < 1.29 is 28.6 Å². The van der Waals surface area contributed by atoms with Crippen LogP contribution < -0.4 is 0 Å². The fourth-order valence-corrected chi connectivity index (χ4v) is 7.25. The first-order valence-corrected chi connectivity index (χ1v) is 24.7. The van der Waals surface area contributed by atoms with Gasteiger partial charge in [-0.25, -0.2) is 0 Å². The second-order valence-corrected chi connectivity index (χ2v) is 16.7. The van der Waals surface area contributed by atoms with Gasteiger partial charge in [-0.2, -0.15) is 0 Å². The van der Waals surface area contributed by atoms with Crippen LogP contribution in [0.5, 0.6) is 0 Å². The molecule has 0 aliphatic carbocycles. The minimum atomic E-state index is -0.764. The average molecular weight is 791 g/mol. The highest BCUT2D eigenvalue weighted by Gasteiger charge is 2.19. The Balaban J connectivity index is 4.03. The largest absolute Gasteiger partial charge is 0.462 e. The Kier molecular flexibility index (Phi) is 44.3. The minimum absolute atomic E-state index is 0.0700. The summed E-state index contributed by atoms with van der Waals surface area (Å²) in [5.74, 6) is -0.884. The molecule has 0 spiro atoms. The van der Waals surface area contributed by atoms with E-state index in [0.29, 0.717) is 19.3 Å². The molecule has 0 aromatic carbocycles. The number of allylic oxidation sites excluding steroid dienone is 2. The number of rotatable bonds is 45. The number of hydrogen-bond acceptors (Lipinski definition) is 6. The highest BCUT2D eigenvalue weighted by molar-refractivity contribution is 5.71. The smallest absolute Gasteiger partial charge is 0.306 e. The average Bonchev–Trinajstić information content (AvgIpc) is 3.19. The van der Waals surface area contributed by atoms with Crippen LogP contribution in [0.2, 0.25) is 0 Å². The number of esters is 3. The summed E-state index contributed by atoms with van der Waals surface area (Å²) < 4.78 is 16.6. The molecule has 0 amide bonds. The van der Waals surface area contributed by atoms with Crippen LogP contribution in [0.25, 0.3) is 0 Å².